The van der Waals surface area contributed by atoms with Gasteiger partial charge in [0.15, 0.2) is 0 Å². The second-order valence-electron chi connectivity index (χ2n) is 6.47. The summed E-state index contributed by atoms with van der Waals surface area (Å²) < 4.78 is 0. The van der Waals surface area contributed by atoms with E-state index in [9.17, 15) is 4.79 Å². The lowest BCUT2D eigenvalue weighted by molar-refractivity contribution is 0.102. The summed E-state index contributed by atoms with van der Waals surface area (Å²) in [5.41, 5.74) is 4.35. The Bertz CT molecular complexity index is 954. The number of rotatable bonds is 5. The van der Waals surface area contributed by atoms with Gasteiger partial charge in [0.05, 0.1) is 0 Å². The van der Waals surface area contributed by atoms with Crippen LogP contribution in [0.2, 0.25) is 0 Å². The first kappa shape index (κ1) is 18.6. The van der Waals surface area contributed by atoms with E-state index in [0.717, 1.165) is 28.9 Å². The summed E-state index contributed by atoms with van der Waals surface area (Å²) in [5, 5.41) is 3.03. The van der Waals surface area contributed by atoms with Crippen LogP contribution in [0.25, 0.3) is 0 Å². The summed E-state index contributed by atoms with van der Waals surface area (Å²) in [4.78, 5) is 23.6. The van der Waals surface area contributed by atoms with E-state index in [1.165, 1.54) is 0 Å². The third-order valence-corrected chi connectivity index (χ3v) is 4.52. The van der Waals surface area contributed by atoms with E-state index in [1.807, 2.05) is 67.4 Å². The number of nitrogens with zero attached hydrogens (tertiary/aromatic N) is 3. The maximum absolute atomic E-state index is 12.9. The topological polar surface area (TPSA) is 58.1 Å². The average Bonchev–Trinajstić information content (AvgIpc) is 2.69. The minimum absolute atomic E-state index is 0.229. The van der Waals surface area contributed by atoms with Crippen LogP contribution in [0.1, 0.15) is 34.4 Å². The van der Waals surface area contributed by atoms with Gasteiger partial charge in [-0.1, -0.05) is 43.3 Å². The van der Waals surface area contributed by atoms with E-state index in [2.05, 4.69) is 22.2 Å². The number of benzene rings is 2. The highest BCUT2D eigenvalue weighted by atomic mass is 16.1. The number of hydrogen-bond donors (Lipinski definition) is 1. The Morgan fingerprint density at radius 3 is 2.48 bits per heavy atom. The van der Waals surface area contributed by atoms with Gasteiger partial charge >= 0.3 is 0 Å². The van der Waals surface area contributed by atoms with Crippen LogP contribution in [0.4, 0.5) is 17.2 Å². The molecule has 0 bridgehead atoms. The van der Waals surface area contributed by atoms with Gasteiger partial charge < -0.3 is 10.2 Å². The molecule has 3 rings (SSSR count). The Kier molecular flexibility index (Phi) is 5.50. The molecular weight excluding hydrogens is 336 g/mol. The van der Waals surface area contributed by atoms with Crippen molar-refractivity contribution >= 4 is 23.1 Å². The predicted molar refractivity (Wildman–Crippen MR) is 110 cm³/mol. The van der Waals surface area contributed by atoms with Crippen LogP contribution in [-0.4, -0.2) is 22.9 Å². The van der Waals surface area contributed by atoms with Crippen molar-refractivity contribution in [2.75, 3.05) is 17.3 Å². The molecular formula is C22H24N4O. The Labute approximate surface area is 160 Å². The summed E-state index contributed by atoms with van der Waals surface area (Å²) in [6.07, 6.45) is 0.849. The predicted octanol–water partition coefficient (Wildman–Crippen LogP) is 4.68. The van der Waals surface area contributed by atoms with Crippen LogP contribution in [-0.2, 0) is 6.42 Å². The summed E-state index contributed by atoms with van der Waals surface area (Å²) in [5.74, 6) is 1.01. The molecule has 2 aromatic carbocycles. The van der Waals surface area contributed by atoms with Gasteiger partial charge in [0.2, 0.25) is 0 Å². The number of nitrogens with one attached hydrogen (secondary N) is 1. The third-order valence-electron chi connectivity index (χ3n) is 4.52. The Hall–Kier alpha value is -3.21. The van der Waals surface area contributed by atoms with Crippen molar-refractivity contribution < 1.29 is 4.79 Å². The molecule has 0 aliphatic rings. The number of aromatic nitrogens is 2. The van der Waals surface area contributed by atoms with Crippen molar-refractivity contribution in [1.29, 1.82) is 0 Å². The van der Waals surface area contributed by atoms with Gasteiger partial charge in [-0.3, -0.25) is 4.79 Å². The molecule has 0 atom stereocenters. The van der Waals surface area contributed by atoms with Crippen LogP contribution in [0.5, 0.6) is 0 Å². The maximum atomic E-state index is 12.9. The second-order valence-corrected chi connectivity index (χ2v) is 6.47. The van der Waals surface area contributed by atoms with E-state index >= 15 is 0 Å². The number of carbonyl (C=O) groups is 1. The molecule has 0 saturated heterocycles. The number of anilines is 3. The summed E-state index contributed by atoms with van der Waals surface area (Å²) in [6.45, 7) is 5.87. The molecule has 0 aliphatic heterocycles. The molecule has 1 aromatic heterocycles. The first-order valence-electron chi connectivity index (χ1n) is 9.04. The highest BCUT2D eigenvalue weighted by Gasteiger charge is 2.15. The number of aryl methyl sites for hydroxylation is 3. The lowest BCUT2D eigenvalue weighted by atomic mass is 10.1. The molecule has 1 heterocycles. The van der Waals surface area contributed by atoms with Crippen molar-refractivity contribution in [2.45, 2.75) is 27.2 Å². The van der Waals surface area contributed by atoms with Crippen molar-refractivity contribution in [3.8, 4) is 0 Å². The molecule has 1 N–H and O–H groups in total. The van der Waals surface area contributed by atoms with E-state index in [1.54, 1.807) is 13.0 Å². The average molecular weight is 360 g/mol. The number of carbonyl (C=O) groups excluding carboxylic acids is 1. The fourth-order valence-electron chi connectivity index (χ4n) is 3.00. The van der Waals surface area contributed by atoms with Crippen molar-refractivity contribution in [3.05, 3.63) is 77.2 Å². The fourth-order valence-corrected chi connectivity index (χ4v) is 3.00. The lowest BCUT2D eigenvalue weighted by Crippen LogP contribution is -2.19. The summed E-state index contributed by atoms with van der Waals surface area (Å²) >= 11 is 0. The van der Waals surface area contributed by atoms with Gasteiger partial charge in [0, 0.05) is 24.5 Å². The summed E-state index contributed by atoms with van der Waals surface area (Å²) in [7, 11) is 1.93. The molecule has 0 aliphatic carbocycles. The quantitative estimate of drug-likeness (QED) is 0.718. The van der Waals surface area contributed by atoms with Crippen molar-refractivity contribution in [1.82, 2.24) is 9.97 Å². The molecule has 3 aromatic rings. The van der Waals surface area contributed by atoms with Gasteiger partial charge in [-0.05, 0) is 43.5 Å². The molecule has 5 heteroatoms. The van der Waals surface area contributed by atoms with Crippen molar-refractivity contribution in [2.24, 2.45) is 0 Å². The molecule has 0 fully saturated rings. The van der Waals surface area contributed by atoms with Gasteiger partial charge in [0.1, 0.15) is 17.3 Å². The zero-order chi connectivity index (χ0) is 19.4. The Morgan fingerprint density at radius 1 is 1.04 bits per heavy atom. The molecule has 0 spiro atoms. The maximum Gasteiger partial charge on any atom is 0.274 e. The smallest absolute Gasteiger partial charge is 0.274 e. The highest BCUT2D eigenvalue weighted by molar-refractivity contribution is 6.04. The monoisotopic (exact) mass is 360 g/mol. The van der Waals surface area contributed by atoms with Gasteiger partial charge in [-0.2, -0.15) is 0 Å². The first-order valence-corrected chi connectivity index (χ1v) is 9.04. The normalized spacial score (nSPS) is 10.5. The standard InChI is InChI=1S/C22H24N4O/c1-5-17-11-9-10-15(2)21(17)25-22(27)19-14-20(24-16(3)23-19)26(4)18-12-7-6-8-13-18/h6-14H,5H2,1-4H3,(H,25,27). The van der Waals surface area contributed by atoms with Gasteiger partial charge in [0.25, 0.3) is 5.91 Å². The molecule has 0 unspecified atom stereocenters. The summed E-state index contributed by atoms with van der Waals surface area (Å²) in [6, 6.07) is 17.7. The second kappa shape index (κ2) is 7.99. The Morgan fingerprint density at radius 2 is 1.78 bits per heavy atom. The van der Waals surface area contributed by atoms with E-state index in [0.29, 0.717) is 17.3 Å². The fraction of sp³-hybridized carbons (Fsp3) is 0.227. The zero-order valence-corrected chi connectivity index (χ0v) is 16.2. The van der Waals surface area contributed by atoms with E-state index in [4.69, 9.17) is 0 Å². The molecule has 27 heavy (non-hydrogen) atoms. The van der Waals surface area contributed by atoms with Crippen molar-refractivity contribution in [3.63, 3.8) is 0 Å². The largest absolute Gasteiger partial charge is 0.329 e. The lowest BCUT2D eigenvalue weighted by Gasteiger charge is -2.19. The first-order chi connectivity index (χ1) is 13.0. The number of amides is 1. The van der Waals surface area contributed by atoms with Gasteiger partial charge in [-0.25, -0.2) is 9.97 Å². The zero-order valence-electron chi connectivity index (χ0n) is 16.2. The highest BCUT2D eigenvalue weighted by Crippen LogP contribution is 2.24. The molecule has 5 nitrogen and oxygen atoms in total. The minimum atomic E-state index is -0.229. The number of hydrogen-bond acceptors (Lipinski definition) is 4. The SMILES string of the molecule is CCc1cccc(C)c1NC(=O)c1cc(N(C)c2ccccc2)nc(C)n1. The number of para-hydroxylation sites is 2. The van der Waals surface area contributed by atoms with Crippen LogP contribution in [0.3, 0.4) is 0 Å². The van der Waals surface area contributed by atoms with Crippen LogP contribution >= 0.6 is 0 Å². The van der Waals surface area contributed by atoms with Crippen LogP contribution in [0.15, 0.2) is 54.6 Å². The molecule has 138 valence electrons. The third kappa shape index (κ3) is 4.14. The van der Waals surface area contributed by atoms with Crippen LogP contribution < -0.4 is 10.2 Å². The molecule has 0 saturated carbocycles. The Balaban J connectivity index is 1.91. The molecule has 1 amide bonds. The van der Waals surface area contributed by atoms with Gasteiger partial charge in [-0.15, -0.1) is 0 Å². The van der Waals surface area contributed by atoms with E-state index < -0.39 is 0 Å². The van der Waals surface area contributed by atoms with E-state index in [-0.39, 0.29) is 5.91 Å². The molecule has 0 radical (unpaired) electrons. The van der Waals surface area contributed by atoms with Crippen LogP contribution in [0, 0.1) is 13.8 Å². The minimum Gasteiger partial charge on any atom is -0.329 e.